The summed E-state index contributed by atoms with van der Waals surface area (Å²) in [4.78, 5) is 0. The molecule has 0 aliphatic heterocycles. The molecule has 10 aromatic rings. The smallest absolute Gasteiger partial charge is 0.0746 e. The van der Waals surface area contributed by atoms with E-state index in [2.05, 4.69) is 202 Å². The number of aromatic nitrogens is 6. The highest BCUT2D eigenvalue weighted by molar-refractivity contribution is 5.72. The maximum Gasteiger partial charge on any atom is 0.0746 e. The Hall–Kier alpha value is -9.15. The molecule has 0 radical (unpaired) electrons. The molecule has 3 heterocycles. The average molecular weight is 889 g/mol. The van der Waals surface area contributed by atoms with Gasteiger partial charge in [0.05, 0.1) is 52.7 Å². The minimum absolute atomic E-state index is 0.820. The molecule has 0 saturated carbocycles. The molecule has 0 aliphatic carbocycles. The van der Waals surface area contributed by atoms with Gasteiger partial charge in [0.2, 0.25) is 0 Å². The van der Waals surface area contributed by atoms with E-state index in [0.717, 1.165) is 67.5 Å². The van der Waals surface area contributed by atoms with Gasteiger partial charge in [-0.1, -0.05) is 90.1 Å². The number of hydrogen-bond acceptors (Lipinski definition) is 3. The van der Waals surface area contributed by atoms with Crippen molar-refractivity contribution < 1.29 is 0 Å². The number of rotatable bonds is 6. The Balaban J connectivity index is 0.948. The first-order chi connectivity index (χ1) is 33.7. The third-order valence-electron chi connectivity index (χ3n) is 12.5. The van der Waals surface area contributed by atoms with Crippen LogP contribution in [0, 0.1) is 77.1 Å². The second-order valence-electron chi connectivity index (χ2n) is 17.4. The lowest BCUT2D eigenvalue weighted by Crippen LogP contribution is -2.01. The summed E-state index contributed by atoms with van der Waals surface area (Å²) < 4.78 is 5.97. The van der Waals surface area contributed by atoms with E-state index in [1.807, 2.05) is 87.2 Å². The van der Waals surface area contributed by atoms with Crippen LogP contribution >= 0.6 is 0 Å². The Kier molecular flexibility index (Phi) is 12.0. The highest BCUT2D eigenvalue weighted by Crippen LogP contribution is 2.32. The molecule has 69 heavy (non-hydrogen) atoms. The van der Waals surface area contributed by atoms with Gasteiger partial charge in [0.1, 0.15) is 0 Å². The average Bonchev–Trinajstić information content (AvgIpc) is 4.16. The molecule has 0 N–H and O–H groups in total. The summed E-state index contributed by atoms with van der Waals surface area (Å²) in [6, 6.07) is 56.1. The van der Waals surface area contributed by atoms with E-state index in [1.54, 1.807) is 0 Å². The second-order valence-corrected chi connectivity index (χ2v) is 17.4. The van der Waals surface area contributed by atoms with Crippen LogP contribution in [0.25, 0.3) is 50.8 Å². The molecule has 6 heteroatoms. The summed E-state index contributed by atoms with van der Waals surface area (Å²) >= 11 is 0. The fourth-order valence-corrected chi connectivity index (χ4v) is 9.09. The van der Waals surface area contributed by atoms with E-state index in [9.17, 15) is 0 Å². The van der Waals surface area contributed by atoms with Crippen molar-refractivity contribution in [1.82, 2.24) is 29.3 Å². The quantitative estimate of drug-likeness (QED) is 0.156. The lowest BCUT2D eigenvalue weighted by atomic mass is 10.00. The summed E-state index contributed by atoms with van der Waals surface area (Å²) in [5, 5.41) is 14.1. The number of nitrogens with zero attached hydrogens (tertiary/aromatic N) is 6. The standard InChI is InChI=1S/C63H48N6/c1-43-10-7-11-44(2)61(43)58-34-37-64-67(58)55-28-22-49(23-29-55)16-19-52-40-53(20-17-50-24-30-56(31-25-50)68-59(35-38-65-68)62-45(3)12-8-13-46(62)4)42-54(41-52)21-18-51-26-32-57(33-27-51)69-60(36-39-66-69)63-47(5)14-9-15-48(63)6/h7-15,22-42H,1-6H3. The second kappa shape index (κ2) is 19.0. The molecule has 0 atom stereocenters. The molecule has 0 fully saturated rings. The SMILES string of the molecule is Cc1cccc(C)c1-c1ccnn1-c1ccc(C#Cc2cc(C#Cc3ccc(-n4nccc4-c4c(C)cccc4C)cc3)cc(C#Cc3ccc(-n4nccc4-c4c(C)cccc4C)cc3)c2)cc1. The van der Waals surface area contributed by atoms with Crippen LogP contribution in [0.15, 0.2) is 182 Å². The van der Waals surface area contributed by atoms with Gasteiger partial charge in [0.15, 0.2) is 0 Å². The summed E-state index contributed by atoms with van der Waals surface area (Å²) in [7, 11) is 0. The van der Waals surface area contributed by atoms with Crippen LogP contribution in [-0.2, 0) is 0 Å². The van der Waals surface area contributed by atoms with Gasteiger partial charge in [-0.15, -0.1) is 0 Å². The third-order valence-corrected chi connectivity index (χ3v) is 12.5. The van der Waals surface area contributed by atoms with Crippen molar-refractivity contribution in [2.75, 3.05) is 0 Å². The monoisotopic (exact) mass is 888 g/mol. The topological polar surface area (TPSA) is 53.5 Å². The van der Waals surface area contributed by atoms with E-state index < -0.39 is 0 Å². The summed E-state index contributed by atoms with van der Waals surface area (Å²) in [6.07, 6.45) is 5.55. The number of benzene rings is 7. The Labute approximate surface area is 404 Å². The Bertz CT molecular complexity index is 3260. The Morgan fingerprint density at radius 2 is 0.507 bits per heavy atom. The van der Waals surface area contributed by atoms with Crippen LogP contribution in [0.4, 0.5) is 0 Å². The van der Waals surface area contributed by atoms with E-state index in [-0.39, 0.29) is 0 Å². The van der Waals surface area contributed by atoms with Crippen molar-refractivity contribution >= 4 is 0 Å². The summed E-state index contributed by atoms with van der Waals surface area (Å²) in [5.41, 5.74) is 22.1. The van der Waals surface area contributed by atoms with Gasteiger partial charge in [0, 0.05) is 50.1 Å². The van der Waals surface area contributed by atoms with Gasteiger partial charge in [-0.2, -0.15) is 15.3 Å². The van der Waals surface area contributed by atoms with Gasteiger partial charge >= 0.3 is 0 Å². The van der Waals surface area contributed by atoms with Crippen LogP contribution in [0.2, 0.25) is 0 Å². The lowest BCUT2D eigenvalue weighted by Gasteiger charge is -2.12. The largest absolute Gasteiger partial charge is 0.233 e. The Morgan fingerprint density at radius 3 is 0.754 bits per heavy atom. The van der Waals surface area contributed by atoms with Gasteiger partial charge in [-0.25, -0.2) is 14.0 Å². The zero-order valence-corrected chi connectivity index (χ0v) is 39.5. The molecule has 10 rings (SSSR count). The minimum Gasteiger partial charge on any atom is -0.233 e. The molecule has 0 aliphatic rings. The van der Waals surface area contributed by atoms with Crippen LogP contribution in [0.1, 0.15) is 66.8 Å². The van der Waals surface area contributed by atoms with Crippen LogP contribution in [0.3, 0.4) is 0 Å². The van der Waals surface area contributed by atoms with Crippen molar-refractivity contribution in [2.45, 2.75) is 41.5 Å². The van der Waals surface area contributed by atoms with Crippen LogP contribution < -0.4 is 0 Å². The molecule has 0 amide bonds. The van der Waals surface area contributed by atoms with Crippen molar-refractivity contribution in [3.8, 4) is 86.4 Å². The van der Waals surface area contributed by atoms with E-state index in [0.29, 0.717) is 0 Å². The summed E-state index contributed by atoms with van der Waals surface area (Å²) in [6.45, 7) is 12.8. The van der Waals surface area contributed by atoms with Crippen LogP contribution in [-0.4, -0.2) is 29.3 Å². The zero-order valence-electron chi connectivity index (χ0n) is 39.5. The molecular weight excluding hydrogens is 841 g/mol. The fraction of sp³-hybridized carbons (Fsp3) is 0.0952. The van der Waals surface area contributed by atoms with Crippen molar-refractivity contribution in [3.63, 3.8) is 0 Å². The molecular formula is C63H48N6. The molecule has 6 nitrogen and oxygen atoms in total. The van der Waals surface area contributed by atoms with E-state index in [1.165, 1.54) is 50.1 Å². The predicted molar refractivity (Wildman–Crippen MR) is 280 cm³/mol. The highest BCUT2D eigenvalue weighted by Gasteiger charge is 2.15. The van der Waals surface area contributed by atoms with Crippen molar-refractivity contribution in [1.29, 1.82) is 0 Å². The highest BCUT2D eigenvalue weighted by atomic mass is 15.3. The molecule has 0 bridgehead atoms. The van der Waals surface area contributed by atoms with E-state index in [4.69, 9.17) is 0 Å². The van der Waals surface area contributed by atoms with Gasteiger partial charge in [-0.05, 0) is 184 Å². The molecule has 0 unspecified atom stereocenters. The molecule has 3 aromatic heterocycles. The van der Waals surface area contributed by atoms with Gasteiger partial charge < -0.3 is 0 Å². The van der Waals surface area contributed by atoms with Crippen molar-refractivity contribution in [3.05, 3.63) is 249 Å². The predicted octanol–water partition coefficient (Wildman–Crippen LogP) is 13.3. The first-order valence-electron chi connectivity index (χ1n) is 23.0. The lowest BCUT2D eigenvalue weighted by molar-refractivity contribution is 0.886. The minimum atomic E-state index is 0.820. The molecule has 330 valence electrons. The molecule has 0 spiro atoms. The Morgan fingerprint density at radius 1 is 0.275 bits per heavy atom. The molecule has 7 aromatic carbocycles. The normalized spacial score (nSPS) is 10.7. The first-order valence-corrected chi connectivity index (χ1v) is 23.0. The van der Waals surface area contributed by atoms with Gasteiger partial charge in [0.25, 0.3) is 0 Å². The number of hydrogen-bond donors (Lipinski definition) is 0. The maximum atomic E-state index is 4.69. The van der Waals surface area contributed by atoms with E-state index >= 15 is 0 Å². The van der Waals surface area contributed by atoms with Crippen molar-refractivity contribution in [2.24, 2.45) is 0 Å². The maximum absolute atomic E-state index is 4.69. The third kappa shape index (κ3) is 9.19. The first kappa shape index (κ1) is 43.7. The fourth-order valence-electron chi connectivity index (χ4n) is 9.09. The van der Waals surface area contributed by atoms with Crippen LogP contribution in [0.5, 0.6) is 0 Å². The zero-order chi connectivity index (χ0) is 47.4. The molecule has 0 saturated heterocycles. The number of aryl methyl sites for hydroxylation is 6. The van der Waals surface area contributed by atoms with Gasteiger partial charge in [-0.3, -0.25) is 0 Å². The summed E-state index contributed by atoms with van der Waals surface area (Å²) in [5.74, 6) is 20.4.